The van der Waals surface area contributed by atoms with Crippen molar-refractivity contribution in [1.82, 2.24) is 4.90 Å². The second-order valence-electron chi connectivity index (χ2n) is 3.81. The number of hydrogen-bond acceptors (Lipinski definition) is 1. The summed E-state index contributed by atoms with van der Waals surface area (Å²) in [6, 6.07) is 0.850. The second-order valence-corrected chi connectivity index (χ2v) is 3.81. The topological polar surface area (TPSA) is 3.24 Å². The van der Waals surface area contributed by atoms with Gasteiger partial charge in [-0.25, -0.2) is 0 Å². The first kappa shape index (κ1) is 6.26. The molecular formula is C9H15N. The van der Waals surface area contributed by atoms with Gasteiger partial charge in [0.2, 0.25) is 0 Å². The third-order valence-electron chi connectivity index (χ3n) is 3.22. The standard InChI is InChI=1S/C9H15N/c1-6(2)10-5-8-4-9(10)7(8)3/h7-9H,1,4-5H2,2-3H3. The number of rotatable bonds is 1. The van der Waals surface area contributed by atoms with E-state index in [1.807, 2.05) is 0 Å². The zero-order valence-electron chi connectivity index (χ0n) is 6.80. The van der Waals surface area contributed by atoms with Crippen molar-refractivity contribution in [3.63, 3.8) is 0 Å². The van der Waals surface area contributed by atoms with Gasteiger partial charge in [-0.2, -0.15) is 0 Å². The number of allylic oxidation sites excluding steroid dienone is 1. The monoisotopic (exact) mass is 137 g/mol. The molecule has 0 N–H and O–H groups in total. The van der Waals surface area contributed by atoms with Crippen LogP contribution >= 0.6 is 0 Å². The van der Waals surface area contributed by atoms with Crippen molar-refractivity contribution in [2.24, 2.45) is 11.8 Å². The van der Waals surface area contributed by atoms with Gasteiger partial charge >= 0.3 is 0 Å². The number of fused-ring (bicyclic) bond motifs is 1. The maximum absolute atomic E-state index is 3.97. The molecule has 3 atom stereocenters. The van der Waals surface area contributed by atoms with Crippen LogP contribution in [0.4, 0.5) is 0 Å². The van der Waals surface area contributed by atoms with Crippen LogP contribution in [0.1, 0.15) is 20.3 Å². The molecule has 1 saturated carbocycles. The maximum atomic E-state index is 3.97. The summed E-state index contributed by atoms with van der Waals surface area (Å²) in [4.78, 5) is 2.47. The lowest BCUT2D eigenvalue weighted by Crippen LogP contribution is -2.35. The van der Waals surface area contributed by atoms with Gasteiger partial charge < -0.3 is 4.90 Å². The molecule has 2 bridgehead atoms. The largest absolute Gasteiger partial charge is 0.372 e. The highest BCUT2D eigenvalue weighted by Crippen LogP contribution is 2.47. The van der Waals surface area contributed by atoms with Gasteiger partial charge in [0, 0.05) is 18.3 Å². The molecule has 0 spiro atoms. The molecule has 0 aromatic heterocycles. The molecule has 3 rings (SSSR count). The second kappa shape index (κ2) is 1.77. The minimum absolute atomic E-state index is 0.850. The van der Waals surface area contributed by atoms with Crippen LogP contribution in [0.2, 0.25) is 0 Å². The molecule has 1 aliphatic carbocycles. The molecule has 1 nitrogen and oxygen atoms in total. The van der Waals surface area contributed by atoms with Gasteiger partial charge in [0.05, 0.1) is 0 Å². The molecule has 56 valence electrons. The van der Waals surface area contributed by atoms with Gasteiger partial charge in [-0.15, -0.1) is 0 Å². The minimum Gasteiger partial charge on any atom is -0.372 e. The van der Waals surface area contributed by atoms with Crippen LogP contribution in [0, 0.1) is 11.8 Å². The average molecular weight is 137 g/mol. The lowest BCUT2D eigenvalue weighted by Gasteiger charge is -2.34. The normalized spacial score (nSPS) is 43.4. The van der Waals surface area contributed by atoms with Crippen LogP contribution in [0.15, 0.2) is 12.3 Å². The van der Waals surface area contributed by atoms with E-state index in [1.165, 1.54) is 18.7 Å². The minimum atomic E-state index is 0.850. The summed E-state index contributed by atoms with van der Waals surface area (Å²) < 4.78 is 0. The van der Waals surface area contributed by atoms with E-state index < -0.39 is 0 Å². The Hall–Kier alpha value is -0.460. The van der Waals surface area contributed by atoms with Crippen molar-refractivity contribution in [2.45, 2.75) is 26.3 Å². The summed E-state index contributed by atoms with van der Waals surface area (Å²) in [5.41, 5.74) is 1.26. The summed E-state index contributed by atoms with van der Waals surface area (Å²) in [5, 5.41) is 0. The van der Waals surface area contributed by atoms with E-state index in [0.717, 1.165) is 17.9 Å². The Morgan fingerprint density at radius 2 is 2.30 bits per heavy atom. The fourth-order valence-electron chi connectivity index (χ4n) is 2.34. The first-order chi connectivity index (χ1) is 4.70. The Morgan fingerprint density at radius 3 is 2.50 bits per heavy atom. The highest BCUT2D eigenvalue weighted by Gasteiger charge is 2.48. The first-order valence-corrected chi connectivity index (χ1v) is 4.12. The smallest absolute Gasteiger partial charge is 0.0319 e. The molecule has 2 saturated heterocycles. The van der Waals surface area contributed by atoms with Crippen LogP contribution in [0.25, 0.3) is 0 Å². The molecule has 10 heavy (non-hydrogen) atoms. The average Bonchev–Trinajstić information content (AvgIpc) is 2.40. The van der Waals surface area contributed by atoms with E-state index in [0.29, 0.717) is 0 Å². The summed E-state index contributed by atoms with van der Waals surface area (Å²) >= 11 is 0. The highest BCUT2D eigenvalue weighted by molar-refractivity contribution is 5.09. The Balaban J connectivity index is 2.10. The van der Waals surface area contributed by atoms with Gasteiger partial charge in [0.25, 0.3) is 0 Å². The van der Waals surface area contributed by atoms with E-state index in [-0.39, 0.29) is 0 Å². The van der Waals surface area contributed by atoms with Crippen LogP contribution in [-0.4, -0.2) is 17.5 Å². The van der Waals surface area contributed by atoms with E-state index in [2.05, 4.69) is 25.3 Å². The van der Waals surface area contributed by atoms with Gasteiger partial charge in [0.15, 0.2) is 0 Å². The van der Waals surface area contributed by atoms with Crippen LogP contribution in [-0.2, 0) is 0 Å². The summed E-state index contributed by atoms with van der Waals surface area (Å²) in [6.07, 6.45) is 1.42. The quantitative estimate of drug-likeness (QED) is 0.533. The fourth-order valence-corrected chi connectivity index (χ4v) is 2.34. The first-order valence-electron chi connectivity index (χ1n) is 4.12. The van der Waals surface area contributed by atoms with Crippen LogP contribution in [0.3, 0.4) is 0 Å². The van der Waals surface area contributed by atoms with Crippen molar-refractivity contribution in [3.8, 4) is 0 Å². The molecule has 2 aliphatic heterocycles. The maximum Gasteiger partial charge on any atom is 0.0319 e. The lowest BCUT2D eigenvalue weighted by atomic mass is 9.75. The molecule has 0 amide bonds. The van der Waals surface area contributed by atoms with Gasteiger partial charge in [-0.05, 0) is 25.2 Å². The SMILES string of the molecule is C=C(C)N1CC2CC1C2C. The predicted octanol–water partition coefficient (Wildman–Crippen LogP) is 1.86. The Kier molecular flexibility index (Phi) is 1.11. The number of nitrogens with zero attached hydrogens (tertiary/aromatic N) is 1. The molecule has 2 heterocycles. The summed E-state index contributed by atoms with van der Waals surface area (Å²) in [5.74, 6) is 1.93. The Morgan fingerprint density at radius 1 is 1.60 bits per heavy atom. The predicted molar refractivity (Wildman–Crippen MR) is 42.6 cm³/mol. The van der Waals surface area contributed by atoms with Crippen LogP contribution in [0.5, 0.6) is 0 Å². The molecule has 0 aromatic carbocycles. The summed E-state index contributed by atoms with van der Waals surface area (Å²) in [6.45, 7) is 9.73. The zero-order chi connectivity index (χ0) is 7.30. The van der Waals surface area contributed by atoms with E-state index >= 15 is 0 Å². The Labute approximate surface area is 62.7 Å². The third-order valence-corrected chi connectivity index (χ3v) is 3.22. The molecule has 0 radical (unpaired) electrons. The van der Waals surface area contributed by atoms with Crippen molar-refractivity contribution < 1.29 is 0 Å². The van der Waals surface area contributed by atoms with E-state index in [4.69, 9.17) is 0 Å². The van der Waals surface area contributed by atoms with Gasteiger partial charge in [-0.1, -0.05) is 13.5 Å². The fraction of sp³-hybridized carbons (Fsp3) is 0.778. The van der Waals surface area contributed by atoms with Gasteiger partial charge in [0.1, 0.15) is 0 Å². The summed E-state index contributed by atoms with van der Waals surface area (Å²) in [7, 11) is 0. The van der Waals surface area contributed by atoms with Crippen molar-refractivity contribution in [3.05, 3.63) is 12.3 Å². The van der Waals surface area contributed by atoms with Crippen molar-refractivity contribution >= 4 is 0 Å². The number of hydrogen-bond donors (Lipinski definition) is 0. The third kappa shape index (κ3) is 0.582. The lowest BCUT2D eigenvalue weighted by molar-refractivity contribution is 0.193. The molecule has 1 heteroatoms. The highest BCUT2D eigenvalue weighted by atomic mass is 15.2. The molecular weight excluding hydrogens is 122 g/mol. The van der Waals surface area contributed by atoms with E-state index in [1.54, 1.807) is 0 Å². The molecule has 3 aliphatic rings. The van der Waals surface area contributed by atoms with Crippen LogP contribution < -0.4 is 0 Å². The Bertz CT molecular complexity index is 174. The molecule has 3 fully saturated rings. The molecule has 3 unspecified atom stereocenters. The van der Waals surface area contributed by atoms with E-state index in [9.17, 15) is 0 Å². The van der Waals surface area contributed by atoms with Crippen molar-refractivity contribution in [1.29, 1.82) is 0 Å². The molecule has 0 aromatic rings. The van der Waals surface area contributed by atoms with Gasteiger partial charge in [-0.3, -0.25) is 0 Å². The zero-order valence-corrected chi connectivity index (χ0v) is 6.80. The van der Waals surface area contributed by atoms with Crippen molar-refractivity contribution in [2.75, 3.05) is 6.54 Å².